The first-order valence-electron chi connectivity index (χ1n) is 7.18. The van der Waals surface area contributed by atoms with Crippen LogP contribution in [0.4, 0.5) is 0 Å². The van der Waals surface area contributed by atoms with Crippen molar-refractivity contribution < 1.29 is 9.59 Å². The summed E-state index contributed by atoms with van der Waals surface area (Å²) in [5, 5.41) is 6.20. The number of likely N-dealkylation sites (N-methyl/N-ethyl adjacent to an activating group) is 1. The zero-order valence-corrected chi connectivity index (χ0v) is 12.2. The molecular weight excluding hydrogens is 242 g/mol. The quantitative estimate of drug-likeness (QED) is 0.780. The van der Waals surface area contributed by atoms with Crippen LogP contribution in [0.1, 0.15) is 39.5 Å². The molecule has 0 radical (unpaired) electrons. The van der Waals surface area contributed by atoms with Crippen molar-refractivity contribution in [3.63, 3.8) is 0 Å². The highest BCUT2D eigenvalue weighted by molar-refractivity contribution is 5.88. The summed E-state index contributed by atoms with van der Waals surface area (Å²) in [6.45, 7) is 5.26. The van der Waals surface area contributed by atoms with Crippen LogP contribution in [0.25, 0.3) is 0 Å². The van der Waals surface area contributed by atoms with Crippen molar-refractivity contribution in [1.29, 1.82) is 0 Å². The number of carbonyl (C=O) groups excluding carboxylic acids is 2. The van der Waals surface area contributed by atoms with Gasteiger partial charge in [-0.2, -0.15) is 0 Å². The highest BCUT2D eigenvalue weighted by Gasteiger charge is 2.38. The molecule has 1 atom stereocenters. The molecular formula is C14H25N3O2. The minimum atomic E-state index is -0.181. The average Bonchev–Trinajstić information content (AvgIpc) is 3.11. The van der Waals surface area contributed by atoms with E-state index in [9.17, 15) is 9.59 Å². The molecule has 2 aliphatic rings. The van der Waals surface area contributed by atoms with Crippen LogP contribution in [0.15, 0.2) is 0 Å². The lowest BCUT2D eigenvalue weighted by atomic mass is 9.77. The van der Waals surface area contributed by atoms with E-state index in [1.165, 1.54) is 0 Å². The van der Waals surface area contributed by atoms with Gasteiger partial charge in [-0.1, -0.05) is 13.8 Å². The fourth-order valence-electron chi connectivity index (χ4n) is 2.65. The molecule has 5 nitrogen and oxygen atoms in total. The van der Waals surface area contributed by atoms with Crippen molar-refractivity contribution in [2.24, 2.45) is 5.41 Å². The third-order valence-corrected chi connectivity index (χ3v) is 4.07. The normalized spacial score (nSPS) is 25.7. The Labute approximate surface area is 115 Å². The first-order valence-corrected chi connectivity index (χ1v) is 7.18. The summed E-state index contributed by atoms with van der Waals surface area (Å²) in [4.78, 5) is 25.7. The maximum Gasteiger partial charge on any atom is 0.240 e. The first kappa shape index (κ1) is 14.3. The van der Waals surface area contributed by atoms with E-state index in [2.05, 4.69) is 24.5 Å². The van der Waals surface area contributed by atoms with Crippen LogP contribution in [0.3, 0.4) is 0 Å². The molecule has 1 unspecified atom stereocenters. The van der Waals surface area contributed by atoms with Gasteiger partial charge in [0.25, 0.3) is 0 Å². The molecule has 2 amide bonds. The Morgan fingerprint density at radius 3 is 2.63 bits per heavy atom. The second-order valence-corrected chi connectivity index (χ2v) is 6.52. The molecule has 1 saturated carbocycles. The molecule has 1 aliphatic heterocycles. The van der Waals surface area contributed by atoms with E-state index in [0.29, 0.717) is 6.04 Å². The van der Waals surface area contributed by atoms with Crippen LogP contribution in [0, 0.1) is 5.41 Å². The highest BCUT2D eigenvalue weighted by Crippen LogP contribution is 2.30. The Balaban J connectivity index is 1.88. The van der Waals surface area contributed by atoms with E-state index < -0.39 is 0 Å². The summed E-state index contributed by atoms with van der Waals surface area (Å²) < 4.78 is 0. The van der Waals surface area contributed by atoms with Gasteiger partial charge in [-0.05, 0) is 37.6 Å². The number of hydrogen-bond acceptors (Lipinski definition) is 3. The standard InChI is InChI=1S/C14H25N3O2/c1-14(2)7-4-8-15-12(14)13(19)17(3)9-11(18)16-10-5-6-10/h10,12,15H,4-9H2,1-3H3,(H,16,18). The topological polar surface area (TPSA) is 61.4 Å². The zero-order valence-electron chi connectivity index (χ0n) is 12.2. The van der Waals surface area contributed by atoms with Crippen LogP contribution in [-0.2, 0) is 9.59 Å². The van der Waals surface area contributed by atoms with Crippen molar-refractivity contribution in [1.82, 2.24) is 15.5 Å². The van der Waals surface area contributed by atoms with Crippen LogP contribution in [0.5, 0.6) is 0 Å². The lowest BCUT2D eigenvalue weighted by Crippen LogP contribution is -2.56. The second kappa shape index (κ2) is 5.49. The van der Waals surface area contributed by atoms with Crippen LogP contribution in [-0.4, -0.2) is 48.9 Å². The minimum Gasteiger partial charge on any atom is -0.352 e. The Hall–Kier alpha value is -1.10. The number of nitrogens with one attached hydrogen (secondary N) is 2. The van der Waals surface area contributed by atoms with E-state index >= 15 is 0 Å². The predicted molar refractivity (Wildman–Crippen MR) is 73.6 cm³/mol. The van der Waals surface area contributed by atoms with Gasteiger partial charge < -0.3 is 15.5 Å². The molecule has 5 heteroatoms. The van der Waals surface area contributed by atoms with Crippen LogP contribution >= 0.6 is 0 Å². The molecule has 1 saturated heterocycles. The van der Waals surface area contributed by atoms with Gasteiger partial charge >= 0.3 is 0 Å². The fraction of sp³-hybridized carbons (Fsp3) is 0.857. The highest BCUT2D eigenvalue weighted by atomic mass is 16.2. The van der Waals surface area contributed by atoms with Gasteiger partial charge in [0.15, 0.2) is 0 Å². The first-order chi connectivity index (χ1) is 8.90. The number of rotatable bonds is 4. The van der Waals surface area contributed by atoms with Gasteiger partial charge in [0.1, 0.15) is 0 Å². The van der Waals surface area contributed by atoms with Crippen molar-refractivity contribution in [2.45, 2.75) is 51.6 Å². The third kappa shape index (κ3) is 3.69. The van der Waals surface area contributed by atoms with Crippen LogP contribution < -0.4 is 10.6 Å². The summed E-state index contributed by atoms with van der Waals surface area (Å²) in [6, 6.07) is 0.167. The lowest BCUT2D eigenvalue weighted by molar-refractivity contribution is -0.139. The number of hydrogen-bond donors (Lipinski definition) is 2. The Morgan fingerprint density at radius 2 is 2.05 bits per heavy atom. The summed E-state index contributed by atoms with van der Waals surface area (Å²) >= 11 is 0. The zero-order chi connectivity index (χ0) is 14.0. The van der Waals surface area contributed by atoms with Gasteiger partial charge in [-0.3, -0.25) is 9.59 Å². The molecule has 2 rings (SSSR count). The van der Waals surface area contributed by atoms with E-state index in [0.717, 1.165) is 32.2 Å². The van der Waals surface area contributed by atoms with Crippen molar-refractivity contribution in [3.05, 3.63) is 0 Å². The van der Waals surface area contributed by atoms with E-state index in [1.807, 2.05) is 0 Å². The number of nitrogens with zero attached hydrogens (tertiary/aromatic N) is 1. The van der Waals surface area contributed by atoms with Crippen molar-refractivity contribution in [2.75, 3.05) is 20.1 Å². The third-order valence-electron chi connectivity index (χ3n) is 4.07. The number of piperidine rings is 1. The molecule has 0 aromatic heterocycles. The molecule has 1 heterocycles. The summed E-state index contributed by atoms with van der Waals surface area (Å²) in [6.07, 6.45) is 4.28. The van der Waals surface area contributed by atoms with Crippen molar-refractivity contribution in [3.8, 4) is 0 Å². The Bertz CT molecular complexity index is 364. The summed E-state index contributed by atoms with van der Waals surface area (Å²) in [5.74, 6) is -0.0254. The average molecular weight is 267 g/mol. The second-order valence-electron chi connectivity index (χ2n) is 6.52. The van der Waals surface area contributed by atoms with E-state index in [4.69, 9.17) is 0 Å². The van der Waals surface area contributed by atoms with Gasteiger partial charge in [0.2, 0.25) is 11.8 Å². The molecule has 0 bridgehead atoms. The largest absolute Gasteiger partial charge is 0.352 e. The fourth-order valence-corrected chi connectivity index (χ4v) is 2.65. The minimum absolute atomic E-state index is 0.0237. The molecule has 1 aliphatic carbocycles. The SMILES string of the molecule is CN(CC(=O)NC1CC1)C(=O)C1NCCCC1(C)C. The smallest absolute Gasteiger partial charge is 0.240 e. The predicted octanol–water partition coefficient (Wildman–Crippen LogP) is 0.502. The van der Waals surface area contributed by atoms with Crippen LogP contribution in [0.2, 0.25) is 0 Å². The Morgan fingerprint density at radius 1 is 1.37 bits per heavy atom. The molecule has 19 heavy (non-hydrogen) atoms. The maximum atomic E-state index is 12.4. The van der Waals surface area contributed by atoms with Gasteiger partial charge in [0.05, 0.1) is 12.6 Å². The van der Waals surface area contributed by atoms with E-state index in [-0.39, 0.29) is 29.8 Å². The van der Waals surface area contributed by atoms with Gasteiger partial charge in [-0.25, -0.2) is 0 Å². The lowest BCUT2D eigenvalue weighted by Gasteiger charge is -2.39. The molecule has 2 N–H and O–H groups in total. The van der Waals surface area contributed by atoms with Crippen molar-refractivity contribution >= 4 is 11.8 Å². The molecule has 0 aromatic rings. The monoisotopic (exact) mass is 267 g/mol. The Kier molecular flexibility index (Phi) is 4.13. The summed E-state index contributed by atoms with van der Waals surface area (Å²) in [5.41, 5.74) is -0.0451. The maximum absolute atomic E-state index is 12.4. The molecule has 0 aromatic carbocycles. The number of amides is 2. The molecule has 2 fully saturated rings. The number of carbonyl (C=O) groups is 2. The molecule has 0 spiro atoms. The van der Waals surface area contributed by atoms with E-state index in [1.54, 1.807) is 11.9 Å². The summed E-state index contributed by atoms with van der Waals surface area (Å²) in [7, 11) is 1.71. The van der Waals surface area contributed by atoms with Gasteiger partial charge in [0, 0.05) is 13.1 Å². The van der Waals surface area contributed by atoms with Gasteiger partial charge in [-0.15, -0.1) is 0 Å². The molecule has 108 valence electrons.